The first-order valence-electron chi connectivity index (χ1n) is 2.51. The van der Waals surface area contributed by atoms with Crippen molar-refractivity contribution in [1.82, 2.24) is 0 Å². The van der Waals surface area contributed by atoms with Crippen LogP contribution in [0.15, 0.2) is 0 Å². The van der Waals surface area contributed by atoms with E-state index in [-0.39, 0.29) is 31.5 Å². The first-order valence-corrected chi connectivity index (χ1v) is 3.24. The molecule has 0 aliphatic heterocycles. The zero-order valence-electron chi connectivity index (χ0n) is 5.47. The van der Waals surface area contributed by atoms with Crippen molar-refractivity contribution in [2.24, 2.45) is 5.41 Å². The van der Waals surface area contributed by atoms with E-state index in [0.717, 1.165) is 0 Å². The largest absolute Gasteiger partial charge is 0.327 e. The fraction of sp³-hybridized carbons (Fsp3) is 1.00. The summed E-state index contributed by atoms with van der Waals surface area (Å²) in [6.07, 6.45) is 0. The highest BCUT2D eigenvalue weighted by atomic mass is 31.1. The maximum absolute atomic E-state index is 9.73. The summed E-state index contributed by atoms with van der Waals surface area (Å²) in [4.78, 5) is 0. The molecule has 0 bridgehead atoms. The van der Waals surface area contributed by atoms with Crippen LogP contribution in [-0.2, 0) is 9.09 Å². The van der Waals surface area contributed by atoms with E-state index >= 15 is 0 Å². The topological polar surface area (TPSA) is 26.3 Å². The molecule has 0 N–H and O–H groups in total. The van der Waals surface area contributed by atoms with Gasteiger partial charge in [-0.2, -0.15) is 0 Å². The maximum Gasteiger partial charge on any atom is 0.327 e. The number of hydrogen-bond donors (Lipinski definition) is 0. The molecule has 0 saturated carbocycles. The van der Waals surface area contributed by atoms with E-state index < -0.39 is 0 Å². The summed E-state index contributed by atoms with van der Waals surface area (Å²) >= 11 is 0. The Balaban J connectivity index is 0. The number of hydrogen-bond acceptors (Lipinski definition) is 2. The lowest BCUT2D eigenvalue weighted by atomic mass is 9.99. The predicted molar refractivity (Wildman–Crippen MR) is 43.0 cm³/mol. The molecule has 0 heterocycles. The molecule has 0 aliphatic rings. The minimum Gasteiger partial charge on any atom is -0.294 e. The molecule has 0 aromatic heterocycles. The molecule has 0 rings (SSSR count). The summed E-state index contributed by atoms with van der Waals surface area (Å²) in [5.74, 6) is 0. The first-order chi connectivity index (χ1) is 3.56. The van der Waals surface area contributed by atoms with Crippen LogP contribution >= 0.6 is 8.69 Å². The zero-order valence-corrected chi connectivity index (χ0v) is 6.37. The molecule has 0 unspecified atom stereocenters. The van der Waals surface area contributed by atoms with Crippen molar-refractivity contribution < 1.29 is 9.09 Å². The van der Waals surface area contributed by atoms with Gasteiger partial charge in [-0.3, -0.25) is 4.52 Å². The molecule has 0 amide bonds. The molecular formula is C5H14AlO2P. The van der Waals surface area contributed by atoms with E-state index in [0.29, 0.717) is 6.61 Å². The van der Waals surface area contributed by atoms with Crippen molar-refractivity contribution in [2.45, 2.75) is 20.8 Å². The summed E-state index contributed by atoms with van der Waals surface area (Å²) in [6.45, 7) is 6.62. The predicted octanol–water partition coefficient (Wildman–Crippen LogP) is 1.07. The second kappa shape index (κ2) is 5.38. The molecule has 0 fully saturated rings. The van der Waals surface area contributed by atoms with E-state index in [2.05, 4.69) is 4.52 Å². The van der Waals surface area contributed by atoms with Gasteiger partial charge in [-0.05, 0) is 5.41 Å². The Hall–Kier alpha value is 0.592. The molecule has 0 spiro atoms. The summed E-state index contributed by atoms with van der Waals surface area (Å²) in [5, 5.41) is 0. The Bertz CT molecular complexity index is 79.5. The van der Waals surface area contributed by atoms with E-state index in [1.54, 1.807) is 0 Å². The van der Waals surface area contributed by atoms with Gasteiger partial charge in [0.2, 0.25) is 0 Å². The minimum absolute atomic E-state index is 0. The maximum atomic E-state index is 9.73. The van der Waals surface area contributed by atoms with Gasteiger partial charge in [-0.15, -0.1) is 0 Å². The fourth-order valence-electron chi connectivity index (χ4n) is 0.220. The number of rotatable bonds is 2. The molecule has 0 radical (unpaired) electrons. The second-order valence-electron chi connectivity index (χ2n) is 2.91. The van der Waals surface area contributed by atoms with Gasteiger partial charge in [0.1, 0.15) is 0 Å². The van der Waals surface area contributed by atoms with Crippen LogP contribution in [0, 0.1) is 5.41 Å². The van der Waals surface area contributed by atoms with Crippen molar-refractivity contribution in [3.8, 4) is 0 Å². The van der Waals surface area contributed by atoms with Crippen LogP contribution in [0.3, 0.4) is 0 Å². The standard InChI is InChI=1S/C5H11O2P.Al.3H/c1-5(2,3)4-7-8-6;;;;/h4H2,1-3H3;;;;. The quantitative estimate of drug-likeness (QED) is 0.450. The Labute approximate surface area is 68.4 Å². The Morgan fingerprint density at radius 2 is 1.89 bits per heavy atom. The van der Waals surface area contributed by atoms with Crippen molar-refractivity contribution in [1.29, 1.82) is 0 Å². The van der Waals surface area contributed by atoms with Gasteiger partial charge >= 0.3 is 8.69 Å². The third-order valence-corrected chi connectivity index (χ3v) is 0.785. The van der Waals surface area contributed by atoms with Crippen molar-refractivity contribution in [3.63, 3.8) is 0 Å². The summed E-state index contributed by atoms with van der Waals surface area (Å²) in [7, 11) is -0.220. The van der Waals surface area contributed by atoms with Gasteiger partial charge in [0.05, 0.1) is 6.61 Å². The van der Waals surface area contributed by atoms with Crippen LogP contribution in [-0.4, -0.2) is 24.0 Å². The minimum atomic E-state index is -0.220. The van der Waals surface area contributed by atoms with Gasteiger partial charge in [0.15, 0.2) is 17.4 Å². The summed E-state index contributed by atoms with van der Waals surface area (Å²) in [5.41, 5.74) is 0.122. The van der Waals surface area contributed by atoms with Crippen molar-refractivity contribution >= 4 is 26.0 Å². The highest BCUT2D eigenvalue weighted by molar-refractivity contribution is 7.17. The van der Waals surface area contributed by atoms with Crippen LogP contribution in [0.2, 0.25) is 0 Å². The lowest BCUT2D eigenvalue weighted by Gasteiger charge is -2.13. The molecule has 4 heteroatoms. The molecular weight excluding hydrogens is 150 g/mol. The van der Waals surface area contributed by atoms with Crippen LogP contribution in [0.5, 0.6) is 0 Å². The Morgan fingerprint density at radius 1 is 1.44 bits per heavy atom. The smallest absolute Gasteiger partial charge is 0.294 e. The third-order valence-electron chi connectivity index (χ3n) is 0.550. The summed E-state index contributed by atoms with van der Waals surface area (Å²) in [6, 6.07) is 0. The molecule has 2 nitrogen and oxygen atoms in total. The van der Waals surface area contributed by atoms with Gasteiger partial charge in [-0.1, -0.05) is 20.8 Å². The van der Waals surface area contributed by atoms with E-state index in [1.165, 1.54) is 0 Å². The van der Waals surface area contributed by atoms with Gasteiger partial charge in [-0.25, -0.2) is 4.57 Å². The average molecular weight is 164 g/mol. The lowest BCUT2D eigenvalue weighted by molar-refractivity contribution is 0.214. The first kappa shape index (κ1) is 12.3. The van der Waals surface area contributed by atoms with Gasteiger partial charge in [0, 0.05) is 0 Å². The van der Waals surface area contributed by atoms with E-state index in [4.69, 9.17) is 0 Å². The third kappa shape index (κ3) is 11.9. The van der Waals surface area contributed by atoms with Crippen LogP contribution < -0.4 is 0 Å². The van der Waals surface area contributed by atoms with E-state index in [9.17, 15) is 4.57 Å². The molecule has 0 aromatic carbocycles. The Morgan fingerprint density at radius 3 is 2.00 bits per heavy atom. The Kier molecular flexibility index (Phi) is 7.35. The van der Waals surface area contributed by atoms with Crippen LogP contribution in [0.4, 0.5) is 0 Å². The van der Waals surface area contributed by atoms with E-state index in [1.807, 2.05) is 20.8 Å². The molecule has 0 aliphatic carbocycles. The molecule has 9 heavy (non-hydrogen) atoms. The zero-order chi connectivity index (χ0) is 6.62. The molecule has 0 atom stereocenters. The van der Waals surface area contributed by atoms with Gasteiger partial charge in [0.25, 0.3) is 0 Å². The molecule has 0 aromatic rings. The van der Waals surface area contributed by atoms with Crippen molar-refractivity contribution in [3.05, 3.63) is 0 Å². The van der Waals surface area contributed by atoms with Gasteiger partial charge < -0.3 is 0 Å². The lowest BCUT2D eigenvalue weighted by Crippen LogP contribution is -2.10. The molecule has 54 valence electrons. The molecule has 0 saturated heterocycles. The monoisotopic (exact) mass is 164 g/mol. The van der Waals surface area contributed by atoms with Crippen molar-refractivity contribution in [2.75, 3.05) is 6.61 Å². The highest BCUT2D eigenvalue weighted by Crippen LogP contribution is 2.15. The fourth-order valence-corrected chi connectivity index (χ4v) is 0.660. The highest BCUT2D eigenvalue weighted by Gasteiger charge is 2.09. The SMILES string of the molecule is CC(C)(C)COP=O.[AlH3]. The summed E-state index contributed by atoms with van der Waals surface area (Å²) < 4.78 is 14.3. The average Bonchev–Trinajstić information content (AvgIpc) is 1.59. The second-order valence-corrected chi connectivity index (χ2v) is 3.32. The normalized spacial score (nSPS) is 11.0. The van der Waals surface area contributed by atoms with Crippen LogP contribution in [0.25, 0.3) is 0 Å². The van der Waals surface area contributed by atoms with Crippen LogP contribution in [0.1, 0.15) is 20.8 Å².